The van der Waals surface area contributed by atoms with Crippen LogP contribution in [0.15, 0.2) is 17.0 Å². The Balaban J connectivity index is 2.10. The van der Waals surface area contributed by atoms with Crippen molar-refractivity contribution in [2.45, 2.75) is 0 Å². The van der Waals surface area contributed by atoms with Gasteiger partial charge in [0.1, 0.15) is 12.0 Å². The highest BCUT2D eigenvalue weighted by Gasteiger charge is 2.11. The SMILES string of the molecule is Nc1n[nH]c(C(=O)Nc2cnoc2)n1. The lowest BCUT2D eigenvalue weighted by atomic mass is 10.5. The highest BCUT2D eigenvalue weighted by molar-refractivity contribution is 6.01. The summed E-state index contributed by atoms with van der Waals surface area (Å²) in [4.78, 5) is 15.0. The summed E-state index contributed by atoms with van der Waals surface area (Å²) >= 11 is 0. The lowest BCUT2D eigenvalue weighted by Gasteiger charge is -1.95. The number of aromatic amines is 1. The molecule has 8 nitrogen and oxygen atoms in total. The Morgan fingerprint density at radius 3 is 3.07 bits per heavy atom. The van der Waals surface area contributed by atoms with E-state index in [4.69, 9.17) is 5.73 Å². The molecular weight excluding hydrogens is 188 g/mol. The molecule has 14 heavy (non-hydrogen) atoms. The fourth-order valence-electron chi connectivity index (χ4n) is 0.833. The smallest absolute Gasteiger partial charge is 0.293 e. The van der Waals surface area contributed by atoms with Crippen molar-refractivity contribution >= 4 is 17.5 Å². The number of amides is 1. The summed E-state index contributed by atoms with van der Waals surface area (Å²) < 4.78 is 4.52. The molecule has 4 N–H and O–H groups in total. The predicted octanol–water partition coefficient (Wildman–Crippen LogP) is -0.373. The Morgan fingerprint density at radius 1 is 1.64 bits per heavy atom. The van der Waals surface area contributed by atoms with E-state index in [9.17, 15) is 4.79 Å². The number of hydrogen-bond donors (Lipinski definition) is 3. The van der Waals surface area contributed by atoms with Gasteiger partial charge in [0, 0.05) is 0 Å². The molecule has 0 radical (unpaired) electrons. The second-order valence-electron chi connectivity index (χ2n) is 2.41. The van der Waals surface area contributed by atoms with Crippen LogP contribution in [0.1, 0.15) is 10.6 Å². The van der Waals surface area contributed by atoms with Crippen molar-refractivity contribution in [2.24, 2.45) is 0 Å². The minimum absolute atomic E-state index is 0.0143. The fourth-order valence-corrected chi connectivity index (χ4v) is 0.833. The number of nitrogen functional groups attached to an aromatic ring is 1. The number of H-pyrrole nitrogens is 1. The van der Waals surface area contributed by atoms with Gasteiger partial charge in [0.2, 0.25) is 11.8 Å². The Labute approximate surface area is 77.5 Å². The van der Waals surface area contributed by atoms with Crippen LogP contribution in [0, 0.1) is 0 Å². The van der Waals surface area contributed by atoms with Crippen molar-refractivity contribution in [1.82, 2.24) is 20.3 Å². The van der Waals surface area contributed by atoms with Gasteiger partial charge in [-0.1, -0.05) is 5.16 Å². The van der Waals surface area contributed by atoms with Crippen LogP contribution in [0.2, 0.25) is 0 Å². The van der Waals surface area contributed by atoms with E-state index in [-0.39, 0.29) is 11.8 Å². The molecule has 0 aliphatic heterocycles. The number of aromatic nitrogens is 4. The molecule has 0 atom stereocenters. The average molecular weight is 194 g/mol. The number of nitrogens with two attached hydrogens (primary N) is 1. The summed E-state index contributed by atoms with van der Waals surface area (Å²) in [6, 6.07) is 0. The van der Waals surface area contributed by atoms with E-state index in [1.807, 2.05) is 0 Å². The Hall–Kier alpha value is -2.38. The zero-order valence-electron chi connectivity index (χ0n) is 6.89. The van der Waals surface area contributed by atoms with Crippen molar-refractivity contribution in [1.29, 1.82) is 0 Å². The van der Waals surface area contributed by atoms with Crippen molar-refractivity contribution in [3.05, 3.63) is 18.3 Å². The van der Waals surface area contributed by atoms with Crippen molar-refractivity contribution < 1.29 is 9.32 Å². The largest absolute Gasteiger partial charge is 0.366 e. The summed E-state index contributed by atoms with van der Waals surface area (Å²) in [7, 11) is 0. The van der Waals surface area contributed by atoms with Crippen LogP contribution in [0.5, 0.6) is 0 Å². The first-order valence-corrected chi connectivity index (χ1v) is 3.64. The quantitative estimate of drug-likeness (QED) is 0.599. The predicted molar refractivity (Wildman–Crippen MR) is 45.3 cm³/mol. The van der Waals surface area contributed by atoms with E-state index in [2.05, 4.69) is 30.2 Å². The zero-order chi connectivity index (χ0) is 9.97. The maximum atomic E-state index is 11.4. The lowest BCUT2D eigenvalue weighted by Crippen LogP contribution is -2.13. The topological polar surface area (TPSA) is 123 Å². The van der Waals surface area contributed by atoms with Crippen LogP contribution >= 0.6 is 0 Å². The lowest BCUT2D eigenvalue weighted by molar-refractivity contribution is 0.101. The number of carbonyl (C=O) groups excluding carboxylic acids is 1. The molecule has 0 saturated heterocycles. The van der Waals surface area contributed by atoms with Gasteiger partial charge >= 0.3 is 0 Å². The van der Waals surface area contributed by atoms with Gasteiger partial charge in [-0.15, -0.1) is 5.10 Å². The summed E-state index contributed by atoms with van der Waals surface area (Å²) in [6.45, 7) is 0. The molecule has 8 heteroatoms. The summed E-state index contributed by atoms with van der Waals surface area (Å²) in [5, 5.41) is 11.8. The van der Waals surface area contributed by atoms with Crippen molar-refractivity contribution in [3.63, 3.8) is 0 Å². The third-order valence-corrected chi connectivity index (χ3v) is 1.41. The molecular formula is C6H6N6O2. The van der Waals surface area contributed by atoms with E-state index in [1.165, 1.54) is 12.5 Å². The monoisotopic (exact) mass is 194 g/mol. The summed E-state index contributed by atoms with van der Waals surface area (Å²) in [5.74, 6) is -0.415. The number of nitrogens with zero attached hydrogens (tertiary/aromatic N) is 3. The molecule has 2 heterocycles. The molecule has 1 amide bonds. The van der Waals surface area contributed by atoms with E-state index in [0.29, 0.717) is 5.69 Å². The maximum Gasteiger partial charge on any atom is 0.293 e. The van der Waals surface area contributed by atoms with Gasteiger partial charge < -0.3 is 15.6 Å². The van der Waals surface area contributed by atoms with E-state index in [0.717, 1.165) is 0 Å². The van der Waals surface area contributed by atoms with Crippen molar-refractivity contribution in [2.75, 3.05) is 11.1 Å². The summed E-state index contributed by atoms with van der Waals surface area (Å²) in [6.07, 6.45) is 2.65. The van der Waals surface area contributed by atoms with Crippen LogP contribution in [-0.4, -0.2) is 26.2 Å². The second-order valence-corrected chi connectivity index (χ2v) is 2.41. The minimum atomic E-state index is -0.461. The standard InChI is InChI=1S/C6H6N6O2/c7-6-10-4(11-12-6)5(13)9-3-1-8-14-2-3/h1-2H,(H,9,13)(H3,7,10,11,12). The van der Waals surface area contributed by atoms with Crippen LogP contribution in [0.3, 0.4) is 0 Å². The zero-order valence-corrected chi connectivity index (χ0v) is 6.89. The molecule has 0 aromatic carbocycles. The summed E-state index contributed by atoms with van der Waals surface area (Å²) in [5.41, 5.74) is 5.66. The van der Waals surface area contributed by atoms with E-state index in [1.54, 1.807) is 0 Å². The molecule has 0 fully saturated rings. The van der Waals surface area contributed by atoms with Crippen LogP contribution in [-0.2, 0) is 0 Å². The highest BCUT2D eigenvalue weighted by atomic mass is 16.5. The Kier molecular flexibility index (Phi) is 1.86. The normalized spacial score (nSPS) is 10.0. The Morgan fingerprint density at radius 2 is 2.50 bits per heavy atom. The molecule has 0 aliphatic rings. The van der Waals surface area contributed by atoms with Gasteiger partial charge in [0.15, 0.2) is 0 Å². The molecule has 2 rings (SSSR count). The number of hydrogen-bond acceptors (Lipinski definition) is 6. The number of rotatable bonds is 2. The van der Waals surface area contributed by atoms with Crippen LogP contribution < -0.4 is 11.1 Å². The second kappa shape index (κ2) is 3.17. The molecule has 0 unspecified atom stereocenters. The highest BCUT2D eigenvalue weighted by Crippen LogP contribution is 2.05. The Bertz CT molecular complexity index is 433. The third kappa shape index (κ3) is 1.53. The molecule has 0 saturated carbocycles. The van der Waals surface area contributed by atoms with Gasteiger partial charge in [-0.3, -0.25) is 9.89 Å². The van der Waals surface area contributed by atoms with Gasteiger partial charge in [0.25, 0.3) is 5.91 Å². The molecule has 0 aliphatic carbocycles. The molecule has 0 bridgehead atoms. The average Bonchev–Trinajstić information content (AvgIpc) is 2.75. The minimum Gasteiger partial charge on any atom is -0.366 e. The number of anilines is 2. The van der Waals surface area contributed by atoms with Gasteiger partial charge in [0.05, 0.1) is 6.20 Å². The molecule has 72 valence electrons. The number of carbonyl (C=O) groups is 1. The van der Waals surface area contributed by atoms with Crippen LogP contribution in [0.4, 0.5) is 11.6 Å². The van der Waals surface area contributed by atoms with Gasteiger partial charge in [-0.2, -0.15) is 4.98 Å². The first-order chi connectivity index (χ1) is 6.75. The maximum absolute atomic E-state index is 11.4. The fraction of sp³-hybridized carbons (Fsp3) is 0. The molecule has 0 spiro atoms. The first kappa shape index (κ1) is 8.23. The van der Waals surface area contributed by atoms with Gasteiger partial charge in [-0.25, -0.2) is 0 Å². The molecule has 2 aromatic rings. The third-order valence-electron chi connectivity index (χ3n) is 1.41. The van der Waals surface area contributed by atoms with E-state index >= 15 is 0 Å². The van der Waals surface area contributed by atoms with E-state index < -0.39 is 5.91 Å². The van der Waals surface area contributed by atoms with Crippen LogP contribution in [0.25, 0.3) is 0 Å². The molecule has 2 aromatic heterocycles. The van der Waals surface area contributed by atoms with Gasteiger partial charge in [-0.05, 0) is 0 Å². The number of nitrogens with one attached hydrogen (secondary N) is 2. The first-order valence-electron chi connectivity index (χ1n) is 3.64. The van der Waals surface area contributed by atoms with Crippen molar-refractivity contribution in [3.8, 4) is 0 Å².